The number of guanidine groups is 1. The van der Waals surface area contributed by atoms with Crippen LogP contribution in [-0.2, 0) is 13.1 Å². The number of aliphatic imine (C=N–C) groups is 1. The van der Waals surface area contributed by atoms with Crippen LogP contribution < -0.4 is 5.32 Å². The summed E-state index contributed by atoms with van der Waals surface area (Å²) in [5.74, 6) is 1.01. The molecule has 0 radical (unpaired) electrons. The van der Waals surface area contributed by atoms with E-state index in [2.05, 4.69) is 67.3 Å². The average Bonchev–Trinajstić information content (AvgIpc) is 3.11. The molecule has 2 heterocycles. The summed E-state index contributed by atoms with van der Waals surface area (Å²) >= 11 is 1.74. The molecule has 1 N–H and O–H groups in total. The zero-order chi connectivity index (χ0) is 15.9. The van der Waals surface area contributed by atoms with Gasteiger partial charge in [-0.25, -0.2) is 0 Å². The summed E-state index contributed by atoms with van der Waals surface area (Å²) < 4.78 is 0. The van der Waals surface area contributed by atoms with Crippen LogP contribution in [0.15, 0.2) is 52.2 Å². The van der Waals surface area contributed by atoms with Crippen LogP contribution in [0.1, 0.15) is 11.1 Å². The molecule has 0 bridgehead atoms. The maximum absolute atomic E-state index is 4.44. The third kappa shape index (κ3) is 4.56. The molecule has 0 amide bonds. The Kier molecular flexibility index (Phi) is 5.66. The molecule has 122 valence electrons. The van der Waals surface area contributed by atoms with E-state index >= 15 is 0 Å². The summed E-state index contributed by atoms with van der Waals surface area (Å²) in [4.78, 5) is 9.30. The first-order chi connectivity index (χ1) is 11.3. The zero-order valence-corrected chi connectivity index (χ0v) is 14.4. The van der Waals surface area contributed by atoms with Gasteiger partial charge in [0.1, 0.15) is 0 Å². The standard InChI is InChI=1S/C18H24N4S/c1-19-18(20-13-17-7-12-23-15-17)22-10-8-21(9-11-22)14-16-5-3-2-4-6-16/h2-7,12,15H,8-11,13-14H2,1H3,(H,19,20). The van der Waals surface area contributed by atoms with E-state index in [9.17, 15) is 0 Å². The number of nitrogens with one attached hydrogen (secondary N) is 1. The van der Waals surface area contributed by atoms with E-state index in [1.54, 1.807) is 11.3 Å². The van der Waals surface area contributed by atoms with Gasteiger partial charge in [0, 0.05) is 46.3 Å². The Bertz CT molecular complexity index is 601. The first kappa shape index (κ1) is 16.0. The number of rotatable bonds is 4. The van der Waals surface area contributed by atoms with Crippen LogP contribution in [-0.4, -0.2) is 49.0 Å². The van der Waals surface area contributed by atoms with Crippen molar-refractivity contribution in [1.29, 1.82) is 0 Å². The minimum Gasteiger partial charge on any atom is -0.352 e. The van der Waals surface area contributed by atoms with Crippen molar-refractivity contribution in [2.24, 2.45) is 4.99 Å². The SMILES string of the molecule is CN=C(NCc1ccsc1)N1CCN(Cc2ccccc2)CC1. The van der Waals surface area contributed by atoms with E-state index in [4.69, 9.17) is 0 Å². The molecular weight excluding hydrogens is 304 g/mol. The van der Waals surface area contributed by atoms with Gasteiger partial charge in [0.05, 0.1) is 0 Å². The predicted octanol–water partition coefficient (Wildman–Crippen LogP) is 2.64. The molecule has 2 aromatic rings. The van der Waals surface area contributed by atoms with Gasteiger partial charge in [-0.15, -0.1) is 0 Å². The van der Waals surface area contributed by atoms with Crippen LogP contribution in [0.4, 0.5) is 0 Å². The molecule has 0 spiro atoms. The van der Waals surface area contributed by atoms with Gasteiger partial charge in [0.25, 0.3) is 0 Å². The first-order valence-corrected chi connectivity index (χ1v) is 9.02. The number of thiophene rings is 1. The molecule has 23 heavy (non-hydrogen) atoms. The third-order valence-corrected chi connectivity index (χ3v) is 4.90. The van der Waals surface area contributed by atoms with Crippen LogP contribution in [0.2, 0.25) is 0 Å². The topological polar surface area (TPSA) is 30.9 Å². The highest BCUT2D eigenvalue weighted by atomic mass is 32.1. The van der Waals surface area contributed by atoms with E-state index in [1.165, 1.54) is 11.1 Å². The van der Waals surface area contributed by atoms with Gasteiger partial charge >= 0.3 is 0 Å². The lowest BCUT2D eigenvalue weighted by molar-refractivity contribution is 0.172. The van der Waals surface area contributed by atoms with Crippen molar-refractivity contribution >= 4 is 17.3 Å². The van der Waals surface area contributed by atoms with Crippen molar-refractivity contribution in [2.45, 2.75) is 13.1 Å². The van der Waals surface area contributed by atoms with Crippen LogP contribution in [0.25, 0.3) is 0 Å². The number of nitrogens with zero attached hydrogens (tertiary/aromatic N) is 3. The second-order valence-electron chi connectivity index (χ2n) is 5.78. The van der Waals surface area contributed by atoms with E-state index in [1.807, 2.05) is 7.05 Å². The van der Waals surface area contributed by atoms with Gasteiger partial charge in [-0.2, -0.15) is 11.3 Å². The molecular formula is C18H24N4S. The second kappa shape index (κ2) is 8.13. The maximum Gasteiger partial charge on any atom is 0.194 e. The molecule has 1 aliphatic rings. The quantitative estimate of drug-likeness (QED) is 0.691. The molecule has 0 atom stereocenters. The largest absolute Gasteiger partial charge is 0.352 e. The Morgan fingerprint density at radius 1 is 1.09 bits per heavy atom. The highest BCUT2D eigenvalue weighted by Gasteiger charge is 2.19. The highest BCUT2D eigenvalue weighted by molar-refractivity contribution is 7.07. The van der Waals surface area contributed by atoms with E-state index in [0.717, 1.165) is 45.2 Å². The molecule has 1 fully saturated rings. The lowest BCUT2D eigenvalue weighted by atomic mass is 10.2. The van der Waals surface area contributed by atoms with Crippen LogP contribution in [0.5, 0.6) is 0 Å². The molecule has 0 unspecified atom stereocenters. The molecule has 3 rings (SSSR count). The van der Waals surface area contributed by atoms with Crippen molar-refractivity contribution in [3.8, 4) is 0 Å². The van der Waals surface area contributed by atoms with Crippen LogP contribution >= 0.6 is 11.3 Å². The number of piperazine rings is 1. The van der Waals surface area contributed by atoms with Crippen molar-refractivity contribution in [3.05, 3.63) is 58.3 Å². The predicted molar refractivity (Wildman–Crippen MR) is 97.8 cm³/mol. The minimum absolute atomic E-state index is 0.848. The fourth-order valence-corrected chi connectivity index (χ4v) is 3.53. The third-order valence-electron chi connectivity index (χ3n) is 4.16. The van der Waals surface area contributed by atoms with Gasteiger partial charge in [-0.05, 0) is 28.0 Å². The van der Waals surface area contributed by atoms with Crippen molar-refractivity contribution in [3.63, 3.8) is 0 Å². The Labute approximate surface area is 142 Å². The normalized spacial score (nSPS) is 16.6. The summed E-state index contributed by atoms with van der Waals surface area (Å²) in [6.45, 7) is 6.09. The summed E-state index contributed by atoms with van der Waals surface area (Å²) in [6.07, 6.45) is 0. The number of hydrogen-bond acceptors (Lipinski definition) is 3. The van der Waals surface area contributed by atoms with E-state index in [0.29, 0.717) is 0 Å². The van der Waals surface area contributed by atoms with Gasteiger partial charge < -0.3 is 10.2 Å². The monoisotopic (exact) mass is 328 g/mol. The smallest absolute Gasteiger partial charge is 0.194 e. The molecule has 0 saturated carbocycles. The average molecular weight is 328 g/mol. The molecule has 5 heteroatoms. The first-order valence-electron chi connectivity index (χ1n) is 8.08. The Morgan fingerprint density at radius 3 is 2.52 bits per heavy atom. The summed E-state index contributed by atoms with van der Waals surface area (Å²) in [7, 11) is 1.87. The fraction of sp³-hybridized carbons (Fsp3) is 0.389. The van der Waals surface area contributed by atoms with Crippen molar-refractivity contribution < 1.29 is 0 Å². The van der Waals surface area contributed by atoms with Crippen molar-refractivity contribution in [2.75, 3.05) is 33.2 Å². The molecule has 1 aromatic heterocycles. The minimum atomic E-state index is 0.848. The van der Waals surface area contributed by atoms with Gasteiger partial charge in [-0.1, -0.05) is 30.3 Å². The fourth-order valence-electron chi connectivity index (χ4n) is 2.87. The Morgan fingerprint density at radius 2 is 1.87 bits per heavy atom. The molecule has 1 aliphatic heterocycles. The Hall–Kier alpha value is -1.85. The summed E-state index contributed by atoms with van der Waals surface area (Å²) in [5, 5.41) is 7.76. The van der Waals surface area contributed by atoms with Crippen LogP contribution in [0.3, 0.4) is 0 Å². The molecule has 1 saturated heterocycles. The van der Waals surface area contributed by atoms with Crippen LogP contribution in [0, 0.1) is 0 Å². The van der Waals surface area contributed by atoms with Gasteiger partial charge in [0.15, 0.2) is 5.96 Å². The zero-order valence-electron chi connectivity index (χ0n) is 13.6. The van der Waals surface area contributed by atoms with Crippen molar-refractivity contribution in [1.82, 2.24) is 15.1 Å². The maximum atomic E-state index is 4.44. The summed E-state index contributed by atoms with van der Waals surface area (Å²) in [5.41, 5.74) is 2.71. The lowest BCUT2D eigenvalue weighted by Crippen LogP contribution is -2.52. The van der Waals surface area contributed by atoms with Gasteiger partial charge in [-0.3, -0.25) is 9.89 Å². The van der Waals surface area contributed by atoms with Gasteiger partial charge in [0.2, 0.25) is 0 Å². The van der Waals surface area contributed by atoms with E-state index in [-0.39, 0.29) is 0 Å². The summed E-state index contributed by atoms with van der Waals surface area (Å²) in [6, 6.07) is 12.9. The number of benzene rings is 1. The van der Waals surface area contributed by atoms with E-state index < -0.39 is 0 Å². The lowest BCUT2D eigenvalue weighted by Gasteiger charge is -2.36. The Balaban J connectivity index is 1.47. The molecule has 4 nitrogen and oxygen atoms in total. The number of hydrogen-bond donors (Lipinski definition) is 1. The highest BCUT2D eigenvalue weighted by Crippen LogP contribution is 2.09. The molecule has 0 aliphatic carbocycles. The molecule has 1 aromatic carbocycles. The second-order valence-corrected chi connectivity index (χ2v) is 6.56.